The van der Waals surface area contributed by atoms with Crippen LogP contribution in [0.3, 0.4) is 0 Å². The summed E-state index contributed by atoms with van der Waals surface area (Å²) in [5, 5.41) is 0.889. The predicted octanol–water partition coefficient (Wildman–Crippen LogP) is 1.70. The first-order valence-corrected chi connectivity index (χ1v) is 4.62. The Morgan fingerprint density at radius 2 is 2.31 bits per heavy atom. The zero-order valence-electron chi connectivity index (χ0n) is 7.07. The van der Waals surface area contributed by atoms with Crippen molar-refractivity contribution in [2.45, 2.75) is 6.92 Å². The summed E-state index contributed by atoms with van der Waals surface area (Å²) < 4.78 is 5.03. The molecule has 0 aliphatic carbocycles. The number of hydrogen-bond donors (Lipinski definition) is 1. The molecule has 2 rings (SSSR count). The fraction of sp³-hybridized carbons (Fsp3) is 0.111. The maximum Gasteiger partial charge on any atom is 0.269 e. The van der Waals surface area contributed by atoms with Gasteiger partial charge in [-0.15, -0.1) is 0 Å². The third kappa shape index (κ3) is 1.19. The molecule has 66 valence electrons. The van der Waals surface area contributed by atoms with Crippen LogP contribution < -0.4 is 5.73 Å². The number of primary amides is 1. The van der Waals surface area contributed by atoms with Gasteiger partial charge in [0.25, 0.3) is 5.91 Å². The Kier molecular flexibility index (Phi) is 1.77. The first-order valence-electron chi connectivity index (χ1n) is 3.85. The third-order valence-electron chi connectivity index (χ3n) is 1.94. The van der Waals surface area contributed by atoms with E-state index >= 15 is 0 Å². The number of nitrogens with two attached hydrogens (primary N) is 1. The standard InChI is InChI=1S/C9H8N2OS/c1-5-3-2-4-6-7(5)8(9(10)12)11-13-6/h2-4H,1H3,(H2,10,12). The Morgan fingerprint density at radius 3 is 3.00 bits per heavy atom. The molecule has 1 amide bonds. The average molecular weight is 192 g/mol. The lowest BCUT2D eigenvalue weighted by Crippen LogP contribution is -2.11. The molecule has 0 atom stereocenters. The van der Waals surface area contributed by atoms with Gasteiger partial charge in [-0.05, 0) is 30.1 Å². The highest BCUT2D eigenvalue weighted by atomic mass is 32.1. The molecule has 0 aliphatic rings. The highest BCUT2D eigenvalue weighted by Gasteiger charge is 2.12. The van der Waals surface area contributed by atoms with Crippen molar-refractivity contribution in [1.82, 2.24) is 4.37 Å². The second kappa shape index (κ2) is 2.81. The molecule has 13 heavy (non-hydrogen) atoms. The van der Waals surface area contributed by atoms with E-state index in [1.165, 1.54) is 11.5 Å². The van der Waals surface area contributed by atoms with Crippen LogP contribution in [0.5, 0.6) is 0 Å². The quantitative estimate of drug-likeness (QED) is 0.747. The smallest absolute Gasteiger partial charge is 0.269 e. The zero-order valence-corrected chi connectivity index (χ0v) is 7.89. The molecule has 0 saturated carbocycles. The van der Waals surface area contributed by atoms with Crippen molar-refractivity contribution in [3.8, 4) is 0 Å². The Bertz CT molecular complexity index is 475. The van der Waals surface area contributed by atoms with E-state index in [1.807, 2.05) is 25.1 Å². The summed E-state index contributed by atoms with van der Waals surface area (Å²) in [6, 6.07) is 5.83. The number of nitrogens with zero attached hydrogens (tertiary/aromatic N) is 1. The number of rotatable bonds is 1. The fourth-order valence-electron chi connectivity index (χ4n) is 1.33. The molecule has 1 aromatic carbocycles. The van der Waals surface area contributed by atoms with Crippen molar-refractivity contribution in [3.63, 3.8) is 0 Å². The van der Waals surface area contributed by atoms with Crippen LogP contribution in [-0.4, -0.2) is 10.3 Å². The SMILES string of the molecule is Cc1cccc2snc(C(N)=O)c12. The number of carbonyl (C=O) groups is 1. The number of fused-ring (bicyclic) bond motifs is 1. The van der Waals surface area contributed by atoms with E-state index < -0.39 is 5.91 Å². The van der Waals surface area contributed by atoms with Gasteiger partial charge in [0.15, 0.2) is 0 Å². The molecule has 0 unspecified atom stereocenters. The molecule has 2 N–H and O–H groups in total. The van der Waals surface area contributed by atoms with Crippen molar-refractivity contribution >= 4 is 27.5 Å². The Hall–Kier alpha value is -1.42. The largest absolute Gasteiger partial charge is 0.364 e. The lowest BCUT2D eigenvalue weighted by atomic mass is 10.1. The van der Waals surface area contributed by atoms with E-state index in [0.29, 0.717) is 5.69 Å². The maximum atomic E-state index is 11.0. The van der Waals surface area contributed by atoms with Crippen molar-refractivity contribution in [2.24, 2.45) is 5.73 Å². The van der Waals surface area contributed by atoms with Gasteiger partial charge in [-0.2, -0.15) is 4.37 Å². The van der Waals surface area contributed by atoms with Gasteiger partial charge in [-0.3, -0.25) is 4.79 Å². The molecule has 0 saturated heterocycles. The Morgan fingerprint density at radius 1 is 1.54 bits per heavy atom. The second-order valence-corrected chi connectivity index (χ2v) is 3.65. The minimum Gasteiger partial charge on any atom is -0.364 e. The highest BCUT2D eigenvalue weighted by molar-refractivity contribution is 7.13. The number of carbonyl (C=O) groups excluding carboxylic acids is 1. The van der Waals surface area contributed by atoms with Crippen molar-refractivity contribution in [1.29, 1.82) is 0 Å². The van der Waals surface area contributed by atoms with Crippen LogP contribution in [0.1, 0.15) is 16.1 Å². The monoisotopic (exact) mass is 192 g/mol. The normalized spacial score (nSPS) is 10.5. The van der Waals surface area contributed by atoms with Gasteiger partial charge in [0.05, 0.1) is 4.70 Å². The van der Waals surface area contributed by atoms with Gasteiger partial charge in [-0.25, -0.2) is 0 Å². The van der Waals surface area contributed by atoms with Crippen molar-refractivity contribution < 1.29 is 4.79 Å². The van der Waals surface area contributed by atoms with Crippen LogP contribution in [-0.2, 0) is 0 Å². The summed E-state index contributed by atoms with van der Waals surface area (Å²) in [7, 11) is 0. The van der Waals surface area contributed by atoms with Crippen LogP contribution in [0.15, 0.2) is 18.2 Å². The lowest BCUT2D eigenvalue weighted by molar-refractivity contribution is 0.0998. The fourth-order valence-corrected chi connectivity index (χ4v) is 2.19. The summed E-state index contributed by atoms with van der Waals surface area (Å²) in [5.41, 5.74) is 6.63. The van der Waals surface area contributed by atoms with E-state index in [-0.39, 0.29) is 0 Å². The second-order valence-electron chi connectivity index (χ2n) is 2.84. The average Bonchev–Trinajstić information content (AvgIpc) is 2.49. The van der Waals surface area contributed by atoms with Crippen LogP contribution >= 0.6 is 11.5 Å². The molecular weight excluding hydrogens is 184 g/mol. The van der Waals surface area contributed by atoms with Crippen LogP contribution in [0.25, 0.3) is 10.1 Å². The molecule has 0 fully saturated rings. The zero-order chi connectivity index (χ0) is 9.42. The number of aryl methyl sites for hydroxylation is 1. The number of aromatic nitrogens is 1. The number of amides is 1. The molecule has 0 spiro atoms. The molecule has 4 heteroatoms. The molecule has 0 radical (unpaired) electrons. The molecule has 0 bridgehead atoms. The molecule has 3 nitrogen and oxygen atoms in total. The summed E-state index contributed by atoms with van der Waals surface area (Å²) in [6.07, 6.45) is 0. The topological polar surface area (TPSA) is 56.0 Å². The lowest BCUT2D eigenvalue weighted by Gasteiger charge is -1.95. The van der Waals surface area contributed by atoms with E-state index in [9.17, 15) is 4.79 Å². The summed E-state index contributed by atoms with van der Waals surface area (Å²) >= 11 is 1.31. The van der Waals surface area contributed by atoms with Gasteiger partial charge < -0.3 is 5.73 Å². The van der Waals surface area contributed by atoms with E-state index in [0.717, 1.165) is 15.6 Å². The van der Waals surface area contributed by atoms with Gasteiger partial charge >= 0.3 is 0 Å². The van der Waals surface area contributed by atoms with Gasteiger partial charge in [0.1, 0.15) is 5.69 Å². The number of hydrogen-bond acceptors (Lipinski definition) is 3. The van der Waals surface area contributed by atoms with Gasteiger partial charge in [0.2, 0.25) is 0 Å². The van der Waals surface area contributed by atoms with E-state index in [1.54, 1.807) is 0 Å². The van der Waals surface area contributed by atoms with Gasteiger partial charge in [-0.1, -0.05) is 12.1 Å². The highest BCUT2D eigenvalue weighted by Crippen LogP contribution is 2.25. The Labute approximate surface area is 79.3 Å². The van der Waals surface area contributed by atoms with Crippen molar-refractivity contribution in [3.05, 3.63) is 29.5 Å². The summed E-state index contributed by atoms with van der Waals surface area (Å²) in [4.78, 5) is 11.0. The third-order valence-corrected chi connectivity index (χ3v) is 2.75. The summed E-state index contributed by atoms with van der Waals surface area (Å²) in [6.45, 7) is 1.95. The van der Waals surface area contributed by atoms with Crippen molar-refractivity contribution in [2.75, 3.05) is 0 Å². The molecular formula is C9H8N2OS. The minimum atomic E-state index is -0.458. The minimum absolute atomic E-state index is 0.387. The maximum absolute atomic E-state index is 11.0. The van der Waals surface area contributed by atoms with Crippen LogP contribution in [0.2, 0.25) is 0 Å². The Balaban J connectivity index is 2.86. The first kappa shape index (κ1) is 8.19. The molecule has 1 heterocycles. The van der Waals surface area contributed by atoms with E-state index in [4.69, 9.17) is 5.73 Å². The molecule has 1 aromatic heterocycles. The van der Waals surface area contributed by atoms with Crippen LogP contribution in [0.4, 0.5) is 0 Å². The first-order chi connectivity index (χ1) is 6.20. The molecule has 2 aromatic rings. The summed E-state index contributed by atoms with van der Waals surface area (Å²) in [5.74, 6) is -0.458. The van der Waals surface area contributed by atoms with Crippen LogP contribution in [0, 0.1) is 6.92 Å². The predicted molar refractivity (Wildman–Crippen MR) is 52.9 cm³/mol. The molecule has 0 aliphatic heterocycles. The van der Waals surface area contributed by atoms with Gasteiger partial charge in [0, 0.05) is 5.39 Å². The van der Waals surface area contributed by atoms with E-state index in [2.05, 4.69) is 4.37 Å². The number of benzene rings is 1.